The number of aromatic nitrogens is 1. The van der Waals surface area contributed by atoms with Crippen LogP contribution in [0.2, 0.25) is 0 Å². The highest BCUT2D eigenvalue weighted by atomic mass is 35.5. The fraction of sp³-hybridized carbons (Fsp3) is 0.353. The van der Waals surface area contributed by atoms with Crippen molar-refractivity contribution < 1.29 is 9.13 Å². The number of halogens is 2. The Morgan fingerprint density at radius 2 is 2.09 bits per heavy atom. The van der Waals surface area contributed by atoms with Crippen molar-refractivity contribution in [2.75, 3.05) is 13.2 Å². The zero-order valence-electron chi connectivity index (χ0n) is 12.3. The Hall–Kier alpha value is -1.65. The molecule has 2 N–H and O–H groups in total. The molecule has 1 aliphatic carbocycles. The van der Waals surface area contributed by atoms with E-state index < -0.39 is 0 Å². The molecule has 5 heteroatoms. The van der Waals surface area contributed by atoms with E-state index in [1.165, 1.54) is 24.1 Å². The van der Waals surface area contributed by atoms with Gasteiger partial charge in [-0.1, -0.05) is 0 Å². The minimum absolute atomic E-state index is 0. The van der Waals surface area contributed by atoms with Crippen molar-refractivity contribution in [3.05, 3.63) is 47.4 Å². The Labute approximate surface area is 135 Å². The topological polar surface area (TPSA) is 48.1 Å². The molecule has 0 saturated heterocycles. The first-order valence-electron chi connectivity index (χ1n) is 7.33. The van der Waals surface area contributed by atoms with E-state index in [1.807, 2.05) is 18.2 Å². The van der Waals surface area contributed by atoms with E-state index in [1.54, 1.807) is 0 Å². The van der Waals surface area contributed by atoms with Gasteiger partial charge in [-0.15, -0.1) is 12.4 Å². The summed E-state index contributed by atoms with van der Waals surface area (Å²) in [6.07, 6.45) is 5.15. The molecule has 3 rings (SSSR count). The van der Waals surface area contributed by atoms with Gasteiger partial charge in [-0.05, 0) is 55.5 Å². The number of hydrogen-bond acceptors (Lipinski definition) is 3. The van der Waals surface area contributed by atoms with Gasteiger partial charge >= 0.3 is 0 Å². The van der Waals surface area contributed by atoms with E-state index in [2.05, 4.69) is 6.07 Å². The van der Waals surface area contributed by atoms with Gasteiger partial charge in [0.15, 0.2) is 0 Å². The van der Waals surface area contributed by atoms with Crippen molar-refractivity contribution in [3.63, 3.8) is 0 Å². The molecule has 1 aliphatic rings. The molecule has 2 aromatic rings. The maximum Gasteiger partial charge on any atom is 0.120 e. The van der Waals surface area contributed by atoms with Crippen molar-refractivity contribution in [3.8, 4) is 5.75 Å². The van der Waals surface area contributed by atoms with Crippen molar-refractivity contribution in [2.45, 2.75) is 25.7 Å². The standard InChI is InChI=1S/C17H19FN2O.ClH/c18-9-12(10-19)11-21-15-5-6-17-14(8-15)7-13-3-1-2-4-16(13)20-17;/h5-9H,1-4,10-11,19H2;1H/b12-9+;. The lowest BCUT2D eigenvalue weighted by molar-refractivity contribution is 0.348. The molecule has 118 valence electrons. The summed E-state index contributed by atoms with van der Waals surface area (Å²) in [5.74, 6) is 0.716. The van der Waals surface area contributed by atoms with E-state index >= 15 is 0 Å². The van der Waals surface area contributed by atoms with Crippen molar-refractivity contribution in [2.24, 2.45) is 5.73 Å². The maximum absolute atomic E-state index is 12.5. The number of nitrogens with zero attached hydrogens (tertiary/aromatic N) is 1. The third-order valence-corrected chi connectivity index (χ3v) is 3.91. The van der Waals surface area contributed by atoms with Gasteiger partial charge in [0.05, 0.1) is 11.8 Å². The van der Waals surface area contributed by atoms with Crippen LogP contribution < -0.4 is 10.5 Å². The Morgan fingerprint density at radius 1 is 1.27 bits per heavy atom. The number of nitrogens with two attached hydrogens (primary N) is 1. The van der Waals surface area contributed by atoms with Crippen LogP contribution in [0.25, 0.3) is 10.9 Å². The molecule has 0 aliphatic heterocycles. The number of hydrogen-bond donors (Lipinski definition) is 1. The summed E-state index contributed by atoms with van der Waals surface area (Å²) in [6.45, 7) is 0.343. The Bertz CT molecular complexity index is 688. The molecule has 1 aromatic carbocycles. The highest BCUT2D eigenvalue weighted by molar-refractivity contribution is 5.85. The van der Waals surface area contributed by atoms with Crippen molar-refractivity contribution in [1.29, 1.82) is 0 Å². The molecule has 0 bridgehead atoms. The first-order chi connectivity index (χ1) is 10.3. The molecule has 0 spiro atoms. The molecule has 0 fully saturated rings. The number of benzene rings is 1. The summed E-state index contributed by atoms with van der Waals surface area (Å²) in [6, 6.07) is 8.00. The highest BCUT2D eigenvalue weighted by Crippen LogP contribution is 2.26. The molecule has 22 heavy (non-hydrogen) atoms. The van der Waals surface area contributed by atoms with Gasteiger partial charge in [0.1, 0.15) is 12.4 Å². The second kappa shape index (κ2) is 7.56. The summed E-state index contributed by atoms with van der Waals surface area (Å²) >= 11 is 0. The van der Waals surface area contributed by atoms with Gasteiger partial charge in [0.25, 0.3) is 0 Å². The van der Waals surface area contributed by atoms with Crippen LogP contribution in [0.15, 0.2) is 36.2 Å². The quantitative estimate of drug-likeness (QED) is 0.933. The van der Waals surface area contributed by atoms with Gasteiger partial charge in [-0.25, -0.2) is 4.39 Å². The number of rotatable bonds is 4. The van der Waals surface area contributed by atoms with Gasteiger partial charge < -0.3 is 10.5 Å². The van der Waals surface area contributed by atoms with Crippen LogP contribution in [-0.2, 0) is 12.8 Å². The summed E-state index contributed by atoms with van der Waals surface area (Å²) in [7, 11) is 0. The molecule has 0 amide bonds. The molecule has 0 unspecified atom stereocenters. The van der Waals surface area contributed by atoms with Gasteiger partial charge in [0, 0.05) is 23.2 Å². The fourth-order valence-electron chi connectivity index (χ4n) is 2.68. The fourth-order valence-corrected chi connectivity index (χ4v) is 2.68. The third kappa shape index (κ3) is 3.57. The van der Waals surface area contributed by atoms with Crippen LogP contribution in [0.1, 0.15) is 24.1 Å². The summed E-state index contributed by atoms with van der Waals surface area (Å²) in [5, 5.41) is 1.08. The molecule has 1 heterocycles. The van der Waals surface area contributed by atoms with E-state index in [0.717, 1.165) is 23.7 Å². The smallest absolute Gasteiger partial charge is 0.120 e. The normalized spacial score (nSPS) is 14.4. The predicted molar refractivity (Wildman–Crippen MR) is 89.4 cm³/mol. The molecular weight excluding hydrogens is 303 g/mol. The number of fused-ring (bicyclic) bond motifs is 2. The number of pyridine rings is 1. The monoisotopic (exact) mass is 322 g/mol. The number of aryl methyl sites for hydroxylation is 2. The van der Waals surface area contributed by atoms with Crippen LogP contribution in [0.3, 0.4) is 0 Å². The summed E-state index contributed by atoms with van der Waals surface area (Å²) in [4.78, 5) is 4.74. The molecule has 3 nitrogen and oxygen atoms in total. The average molecular weight is 323 g/mol. The highest BCUT2D eigenvalue weighted by Gasteiger charge is 2.12. The lowest BCUT2D eigenvalue weighted by atomic mass is 9.95. The van der Waals surface area contributed by atoms with Crippen molar-refractivity contribution in [1.82, 2.24) is 4.98 Å². The molecule has 0 radical (unpaired) electrons. The van der Waals surface area contributed by atoms with E-state index in [9.17, 15) is 4.39 Å². The minimum Gasteiger partial charge on any atom is -0.489 e. The largest absolute Gasteiger partial charge is 0.489 e. The van der Waals surface area contributed by atoms with Crippen LogP contribution in [0, 0.1) is 0 Å². The summed E-state index contributed by atoms with van der Waals surface area (Å²) < 4.78 is 18.1. The minimum atomic E-state index is 0. The Morgan fingerprint density at radius 3 is 2.86 bits per heavy atom. The van der Waals surface area contributed by atoms with Crippen molar-refractivity contribution >= 4 is 23.3 Å². The van der Waals surface area contributed by atoms with Crippen LogP contribution in [0.5, 0.6) is 5.75 Å². The second-order valence-electron chi connectivity index (χ2n) is 5.42. The lowest BCUT2D eigenvalue weighted by Gasteiger charge is -2.16. The predicted octanol–water partition coefficient (Wildman–Crippen LogP) is 3.73. The Kier molecular flexibility index (Phi) is 5.75. The maximum atomic E-state index is 12.5. The molecule has 0 saturated carbocycles. The Balaban J connectivity index is 0.00000176. The van der Waals surface area contributed by atoms with Gasteiger partial charge in [-0.2, -0.15) is 0 Å². The van der Waals surface area contributed by atoms with Gasteiger partial charge in [-0.3, -0.25) is 4.98 Å². The van der Waals surface area contributed by atoms with E-state index in [-0.39, 0.29) is 25.6 Å². The summed E-state index contributed by atoms with van der Waals surface area (Å²) in [5.41, 5.74) is 9.42. The zero-order chi connectivity index (χ0) is 14.7. The second-order valence-corrected chi connectivity index (χ2v) is 5.42. The third-order valence-electron chi connectivity index (χ3n) is 3.91. The average Bonchev–Trinajstić information content (AvgIpc) is 2.53. The SMILES string of the molecule is Cl.NC/C(=C\F)COc1ccc2nc3c(cc2c1)CCCC3. The molecule has 0 atom stereocenters. The van der Waals surface area contributed by atoms with Crippen LogP contribution in [-0.4, -0.2) is 18.1 Å². The van der Waals surface area contributed by atoms with Crippen LogP contribution in [0.4, 0.5) is 4.39 Å². The van der Waals surface area contributed by atoms with E-state index in [4.69, 9.17) is 15.5 Å². The zero-order valence-corrected chi connectivity index (χ0v) is 13.2. The van der Waals surface area contributed by atoms with E-state index in [0.29, 0.717) is 17.7 Å². The first-order valence-corrected chi connectivity index (χ1v) is 7.33. The number of ether oxygens (including phenoxy) is 1. The van der Waals surface area contributed by atoms with Crippen LogP contribution >= 0.6 is 12.4 Å². The molecule has 1 aromatic heterocycles. The lowest BCUT2D eigenvalue weighted by Crippen LogP contribution is -2.10. The van der Waals surface area contributed by atoms with Gasteiger partial charge in [0.2, 0.25) is 0 Å². The molecular formula is C17H20ClFN2O. The first kappa shape index (κ1) is 16.7.